The Balaban J connectivity index is 2.72. The number of carboxylic acid groups (broad SMARTS) is 1. The molecule has 0 spiro atoms. The number of aliphatic carboxylic acids is 1. The predicted octanol–water partition coefficient (Wildman–Crippen LogP) is 4.80. The van der Waals surface area contributed by atoms with Crippen molar-refractivity contribution >= 4 is 36.0 Å². The van der Waals surface area contributed by atoms with Gasteiger partial charge in [-0.15, -0.1) is 0 Å². The summed E-state index contributed by atoms with van der Waals surface area (Å²) in [6, 6.07) is 4.28. The minimum atomic E-state index is -1.16. The smallest absolute Gasteiger partial charge is 0.407 e. The van der Waals surface area contributed by atoms with Crippen LogP contribution >= 0.6 is 0 Å². The molecule has 0 heterocycles. The van der Waals surface area contributed by atoms with E-state index in [-0.39, 0.29) is 49.7 Å². The predicted molar refractivity (Wildman–Crippen MR) is 142 cm³/mol. The number of ether oxygens (including phenoxy) is 4. The highest BCUT2D eigenvalue weighted by atomic mass is 16.6. The Labute approximate surface area is 228 Å². The average Bonchev–Trinajstić information content (AvgIpc) is 2.77. The van der Waals surface area contributed by atoms with Crippen LogP contribution in [0, 0.1) is 0 Å². The largest absolute Gasteiger partial charge is 0.478 e. The molecule has 216 valence electrons. The van der Waals surface area contributed by atoms with Gasteiger partial charge < -0.3 is 29.4 Å². The molecule has 0 fully saturated rings. The lowest BCUT2D eigenvalue weighted by atomic mass is 10.1. The maximum Gasteiger partial charge on any atom is 0.407 e. The molecule has 0 radical (unpaired) electrons. The fourth-order valence-electron chi connectivity index (χ4n) is 2.98. The number of unbranched alkanes of at least 4 members (excludes halogenated alkanes) is 1. The van der Waals surface area contributed by atoms with E-state index in [1.807, 2.05) is 0 Å². The van der Waals surface area contributed by atoms with Crippen molar-refractivity contribution < 1.29 is 48.0 Å². The van der Waals surface area contributed by atoms with E-state index in [1.54, 1.807) is 41.5 Å². The zero-order valence-electron chi connectivity index (χ0n) is 23.5. The van der Waals surface area contributed by atoms with Crippen LogP contribution < -0.4 is 14.8 Å². The molecule has 0 aliphatic rings. The minimum Gasteiger partial charge on any atom is -0.478 e. The molecular weight excluding hydrogens is 510 g/mol. The highest BCUT2D eigenvalue weighted by molar-refractivity contribution is 5.85. The Hall–Kier alpha value is -3.89. The standard InChI is InChI=1S/C28H39NO10/c1-27(2,3)38-25(34)11-8-7-10-23(32)36-20-15-13-19(14-16-22(30)31)18-21(20)37-24(33)12-9-17-29-26(35)39-28(4,5)6/h13-16,18H,7-12,17H2,1-6H3,(H,29,35)(H,30,31)/b16-14+. The number of carbonyl (C=O) groups excluding carboxylic acids is 4. The molecule has 11 heteroatoms. The van der Waals surface area contributed by atoms with Crippen LogP contribution in [0.2, 0.25) is 0 Å². The fourth-order valence-corrected chi connectivity index (χ4v) is 2.98. The quantitative estimate of drug-likeness (QED) is 0.152. The minimum absolute atomic E-state index is 0.0140. The number of nitrogens with one attached hydrogen (secondary N) is 1. The second kappa shape index (κ2) is 15.5. The second-order valence-electron chi connectivity index (χ2n) is 10.7. The Morgan fingerprint density at radius 3 is 1.87 bits per heavy atom. The Morgan fingerprint density at radius 2 is 1.31 bits per heavy atom. The lowest BCUT2D eigenvalue weighted by molar-refractivity contribution is -0.155. The van der Waals surface area contributed by atoms with Crippen molar-refractivity contribution in [3.05, 3.63) is 29.8 Å². The van der Waals surface area contributed by atoms with Gasteiger partial charge in [-0.1, -0.05) is 6.07 Å². The molecule has 0 aromatic heterocycles. The van der Waals surface area contributed by atoms with E-state index in [0.29, 0.717) is 18.4 Å². The van der Waals surface area contributed by atoms with Gasteiger partial charge in [0, 0.05) is 31.9 Å². The zero-order chi connectivity index (χ0) is 29.6. The van der Waals surface area contributed by atoms with Crippen LogP contribution in [-0.2, 0) is 28.7 Å². The lowest BCUT2D eigenvalue weighted by Crippen LogP contribution is -2.33. The SMILES string of the molecule is CC(C)(C)OC(=O)CCCCC(=O)Oc1ccc(/C=C/C(=O)O)cc1OC(=O)CCCNC(=O)OC(C)(C)C. The number of carboxylic acids is 1. The first-order chi connectivity index (χ1) is 18.0. The van der Waals surface area contributed by atoms with E-state index in [1.165, 1.54) is 24.3 Å². The molecule has 39 heavy (non-hydrogen) atoms. The monoisotopic (exact) mass is 549 g/mol. The van der Waals surface area contributed by atoms with Crippen LogP contribution in [0.3, 0.4) is 0 Å². The van der Waals surface area contributed by atoms with Gasteiger partial charge in [0.2, 0.25) is 0 Å². The third-order valence-corrected chi connectivity index (χ3v) is 4.49. The molecule has 2 N–H and O–H groups in total. The molecule has 0 aliphatic carbocycles. The molecule has 0 aliphatic heterocycles. The summed E-state index contributed by atoms with van der Waals surface area (Å²) >= 11 is 0. The number of alkyl carbamates (subject to hydrolysis) is 1. The topological polar surface area (TPSA) is 155 Å². The third kappa shape index (κ3) is 16.5. The van der Waals surface area contributed by atoms with Crippen molar-refractivity contribution in [3.8, 4) is 11.5 Å². The van der Waals surface area contributed by atoms with Crippen LogP contribution in [0.1, 0.15) is 85.6 Å². The van der Waals surface area contributed by atoms with Gasteiger partial charge in [-0.25, -0.2) is 9.59 Å². The molecule has 1 aromatic rings. The van der Waals surface area contributed by atoms with Crippen molar-refractivity contribution in [2.75, 3.05) is 6.54 Å². The highest BCUT2D eigenvalue weighted by Gasteiger charge is 2.18. The molecule has 11 nitrogen and oxygen atoms in total. The molecule has 0 atom stereocenters. The summed E-state index contributed by atoms with van der Waals surface area (Å²) in [5.41, 5.74) is -0.816. The number of amides is 1. The normalized spacial score (nSPS) is 11.5. The summed E-state index contributed by atoms with van der Waals surface area (Å²) in [6.45, 7) is 10.7. The van der Waals surface area contributed by atoms with Crippen molar-refractivity contribution in [1.82, 2.24) is 5.32 Å². The van der Waals surface area contributed by atoms with Crippen molar-refractivity contribution in [2.24, 2.45) is 0 Å². The van der Waals surface area contributed by atoms with Gasteiger partial charge in [0.1, 0.15) is 11.2 Å². The van der Waals surface area contributed by atoms with Crippen molar-refractivity contribution in [1.29, 1.82) is 0 Å². The maximum absolute atomic E-state index is 12.4. The first kappa shape index (κ1) is 33.1. The van der Waals surface area contributed by atoms with Gasteiger partial charge in [0.15, 0.2) is 11.5 Å². The van der Waals surface area contributed by atoms with Crippen LogP contribution in [0.15, 0.2) is 24.3 Å². The Morgan fingerprint density at radius 1 is 0.769 bits per heavy atom. The number of hydrogen-bond donors (Lipinski definition) is 2. The van der Waals surface area contributed by atoms with E-state index >= 15 is 0 Å². The van der Waals surface area contributed by atoms with Crippen LogP contribution in [0.4, 0.5) is 4.79 Å². The van der Waals surface area contributed by atoms with Gasteiger partial charge in [-0.3, -0.25) is 14.4 Å². The zero-order valence-corrected chi connectivity index (χ0v) is 23.5. The molecular formula is C28H39NO10. The molecule has 1 amide bonds. The van der Waals surface area contributed by atoms with Crippen molar-refractivity contribution in [3.63, 3.8) is 0 Å². The third-order valence-electron chi connectivity index (χ3n) is 4.49. The number of benzene rings is 1. The summed E-state index contributed by atoms with van der Waals surface area (Å²) in [6.07, 6.45) is 2.83. The number of rotatable bonds is 13. The van der Waals surface area contributed by atoms with E-state index in [2.05, 4.69) is 5.32 Å². The molecule has 0 unspecified atom stereocenters. The number of carbonyl (C=O) groups is 5. The fraction of sp³-hybridized carbons (Fsp3) is 0.536. The van der Waals surface area contributed by atoms with Gasteiger partial charge in [0.25, 0.3) is 0 Å². The summed E-state index contributed by atoms with van der Waals surface area (Å²) < 4.78 is 21.1. The lowest BCUT2D eigenvalue weighted by Gasteiger charge is -2.19. The molecule has 0 bridgehead atoms. The van der Waals surface area contributed by atoms with Gasteiger partial charge in [0.05, 0.1) is 0 Å². The highest BCUT2D eigenvalue weighted by Crippen LogP contribution is 2.30. The Kier molecular flexibility index (Phi) is 13.2. The van der Waals surface area contributed by atoms with Crippen LogP contribution in [0.5, 0.6) is 11.5 Å². The van der Waals surface area contributed by atoms with Crippen LogP contribution in [0.25, 0.3) is 6.08 Å². The van der Waals surface area contributed by atoms with E-state index in [4.69, 9.17) is 24.1 Å². The molecule has 1 rings (SSSR count). The van der Waals surface area contributed by atoms with Gasteiger partial charge in [-0.05, 0) is 84.6 Å². The van der Waals surface area contributed by atoms with E-state index in [0.717, 1.165) is 6.08 Å². The summed E-state index contributed by atoms with van der Waals surface area (Å²) in [5, 5.41) is 11.4. The Bertz CT molecular complexity index is 1050. The van der Waals surface area contributed by atoms with Crippen molar-refractivity contribution in [2.45, 2.75) is 91.3 Å². The maximum atomic E-state index is 12.4. The second-order valence-corrected chi connectivity index (χ2v) is 10.7. The molecule has 0 saturated carbocycles. The first-order valence-electron chi connectivity index (χ1n) is 12.7. The molecule has 0 saturated heterocycles. The van der Waals surface area contributed by atoms with Crippen LogP contribution in [-0.4, -0.2) is 52.8 Å². The first-order valence-corrected chi connectivity index (χ1v) is 12.7. The molecule has 1 aromatic carbocycles. The summed E-state index contributed by atoms with van der Waals surface area (Å²) in [7, 11) is 0. The summed E-state index contributed by atoms with van der Waals surface area (Å²) in [5.74, 6) is -2.82. The van der Waals surface area contributed by atoms with E-state index in [9.17, 15) is 24.0 Å². The average molecular weight is 550 g/mol. The summed E-state index contributed by atoms with van der Waals surface area (Å²) in [4.78, 5) is 59.1. The number of hydrogen-bond acceptors (Lipinski definition) is 9. The van der Waals surface area contributed by atoms with Gasteiger partial charge in [-0.2, -0.15) is 0 Å². The number of esters is 3. The van der Waals surface area contributed by atoms with Gasteiger partial charge >= 0.3 is 30.0 Å². The van der Waals surface area contributed by atoms with E-state index < -0.39 is 35.2 Å².